The Morgan fingerprint density at radius 2 is 1.82 bits per heavy atom. The van der Waals surface area contributed by atoms with Crippen LogP contribution in [0, 0.1) is 0 Å². The summed E-state index contributed by atoms with van der Waals surface area (Å²) in [7, 11) is 0. The molecule has 1 atom stereocenters. The fourth-order valence-corrected chi connectivity index (χ4v) is 1.96. The molecule has 6 nitrogen and oxygen atoms in total. The van der Waals surface area contributed by atoms with Gasteiger partial charge in [0.2, 0.25) is 0 Å². The SMILES string of the molecule is O=C(NC(CCn1cccc1)C(=O)O)OCc1ccccc1. The van der Waals surface area contributed by atoms with Gasteiger partial charge in [0, 0.05) is 18.9 Å². The van der Waals surface area contributed by atoms with Crippen LogP contribution in [0.2, 0.25) is 0 Å². The van der Waals surface area contributed by atoms with Crippen LogP contribution in [0.4, 0.5) is 4.79 Å². The van der Waals surface area contributed by atoms with Gasteiger partial charge in [-0.25, -0.2) is 9.59 Å². The number of hydrogen-bond acceptors (Lipinski definition) is 3. The zero-order valence-electron chi connectivity index (χ0n) is 12.0. The molecule has 0 radical (unpaired) electrons. The Morgan fingerprint density at radius 1 is 1.14 bits per heavy atom. The van der Waals surface area contributed by atoms with Gasteiger partial charge >= 0.3 is 12.1 Å². The predicted molar refractivity (Wildman–Crippen MR) is 80.2 cm³/mol. The number of rotatable bonds is 7. The lowest BCUT2D eigenvalue weighted by molar-refractivity contribution is -0.139. The molecule has 0 aliphatic carbocycles. The molecule has 1 amide bonds. The molecule has 2 rings (SSSR count). The number of amides is 1. The highest BCUT2D eigenvalue weighted by Gasteiger charge is 2.20. The smallest absolute Gasteiger partial charge is 0.408 e. The monoisotopic (exact) mass is 302 g/mol. The van der Waals surface area contributed by atoms with Gasteiger partial charge in [0.25, 0.3) is 0 Å². The molecule has 2 aromatic rings. The number of carboxylic acids is 1. The van der Waals surface area contributed by atoms with E-state index in [1.807, 2.05) is 59.4 Å². The fourth-order valence-electron chi connectivity index (χ4n) is 1.96. The van der Waals surface area contributed by atoms with E-state index in [1.54, 1.807) is 0 Å². The molecule has 2 N–H and O–H groups in total. The van der Waals surface area contributed by atoms with Crippen LogP contribution in [0.25, 0.3) is 0 Å². The van der Waals surface area contributed by atoms with E-state index in [4.69, 9.17) is 9.84 Å². The Hall–Kier alpha value is -2.76. The number of carbonyl (C=O) groups is 2. The molecule has 6 heteroatoms. The second kappa shape index (κ2) is 7.87. The summed E-state index contributed by atoms with van der Waals surface area (Å²) in [4.78, 5) is 22.9. The highest BCUT2D eigenvalue weighted by atomic mass is 16.5. The molecule has 0 saturated heterocycles. The maximum atomic E-state index is 11.7. The summed E-state index contributed by atoms with van der Waals surface area (Å²) in [5.41, 5.74) is 0.844. The first-order chi connectivity index (χ1) is 10.6. The van der Waals surface area contributed by atoms with E-state index >= 15 is 0 Å². The highest BCUT2D eigenvalue weighted by Crippen LogP contribution is 2.03. The van der Waals surface area contributed by atoms with E-state index < -0.39 is 18.1 Å². The standard InChI is InChI=1S/C16H18N2O4/c19-15(20)14(8-11-18-9-4-5-10-18)17-16(21)22-12-13-6-2-1-3-7-13/h1-7,9-10,14H,8,11-12H2,(H,17,21)(H,19,20). The summed E-state index contributed by atoms with van der Waals surface area (Å²) in [6.45, 7) is 0.611. The van der Waals surface area contributed by atoms with Crippen molar-refractivity contribution in [3.05, 3.63) is 60.4 Å². The van der Waals surface area contributed by atoms with Crippen molar-refractivity contribution < 1.29 is 19.4 Å². The average molecular weight is 302 g/mol. The van der Waals surface area contributed by atoms with E-state index in [0.29, 0.717) is 6.54 Å². The van der Waals surface area contributed by atoms with Crippen LogP contribution in [0.3, 0.4) is 0 Å². The van der Waals surface area contributed by atoms with Crippen LogP contribution < -0.4 is 5.32 Å². The summed E-state index contributed by atoms with van der Waals surface area (Å²) in [6, 6.07) is 11.9. The molecule has 0 fully saturated rings. The molecular formula is C16H18N2O4. The fraction of sp³-hybridized carbons (Fsp3) is 0.250. The third-order valence-electron chi connectivity index (χ3n) is 3.15. The normalized spacial score (nSPS) is 11.6. The Labute approximate surface area is 128 Å². The Balaban J connectivity index is 1.79. The minimum absolute atomic E-state index is 0.108. The van der Waals surface area contributed by atoms with E-state index in [9.17, 15) is 9.59 Å². The van der Waals surface area contributed by atoms with Crippen LogP contribution in [0.5, 0.6) is 0 Å². The summed E-state index contributed by atoms with van der Waals surface area (Å²) in [6.07, 6.45) is 3.23. The molecule has 0 saturated carbocycles. The Kier molecular flexibility index (Phi) is 5.59. The van der Waals surface area contributed by atoms with E-state index in [0.717, 1.165) is 5.56 Å². The molecule has 0 aliphatic rings. The number of carboxylic acid groups (broad SMARTS) is 1. The number of ether oxygens (including phenoxy) is 1. The number of aryl methyl sites for hydroxylation is 1. The van der Waals surface area contributed by atoms with Gasteiger partial charge in [-0.2, -0.15) is 0 Å². The van der Waals surface area contributed by atoms with E-state index in [2.05, 4.69) is 5.32 Å². The number of nitrogens with zero attached hydrogens (tertiary/aromatic N) is 1. The molecule has 1 aromatic heterocycles. The first-order valence-electron chi connectivity index (χ1n) is 6.96. The lowest BCUT2D eigenvalue weighted by Gasteiger charge is -2.15. The molecular weight excluding hydrogens is 284 g/mol. The number of carbonyl (C=O) groups excluding carboxylic acids is 1. The van der Waals surface area contributed by atoms with Crippen molar-refractivity contribution in [1.82, 2.24) is 9.88 Å². The maximum Gasteiger partial charge on any atom is 0.408 e. The van der Waals surface area contributed by atoms with Gasteiger partial charge < -0.3 is 19.7 Å². The molecule has 1 aromatic carbocycles. The van der Waals surface area contributed by atoms with Crippen LogP contribution in [0.15, 0.2) is 54.9 Å². The van der Waals surface area contributed by atoms with Gasteiger partial charge in [-0.05, 0) is 24.1 Å². The summed E-state index contributed by atoms with van der Waals surface area (Å²) >= 11 is 0. The highest BCUT2D eigenvalue weighted by molar-refractivity contribution is 5.79. The number of hydrogen-bond donors (Lipinski definition) is 2. The summed E-state index contributed by atoms with van der Waals surface area (Å²) < 4.78 is 6.88. The second-order valence-electron chi connectivity index (χ2n) is 4.81. The number of aliphatic carboxylic acids is 1. The quantitative estimate of drug-likeness (QED) is 0.822. The second-order valence-corrected chi connectivity index (χ2v) is 4.81. The molecule has 22 heavy (non-hydrogen) atoms. The third-order valence-corrected chi connectivity index (χ3v) is 3.15. The molecule has 0 aliphatic heterocycles. The van der Waals surface area contributed by atoms with Gasteiger partial charge in [0.05, 0.1) is 0 Å². The zero-order valence-corrected chi connectivity index (χ0v) is 12.0. The van der Waals surface area contributed by atoms with Gasteiger partial charge in [-0.1, -0.05) is 30.3 Å². The van der Waals surface area contributed by atoms with Crippen molar-refractivity contribution in [2.24, 2.45) is 0 Å². The number of nitrogens with one attached hydrogen (secondary N) is 1. The summed E-state index contributed by atoms with van der Waals surface area (Å²) in [5.74, 6) is -1.08. The minimum Gasteiger partial charge on any atom is -0.480 e. The molecule has 0 spiro atoms. The molecule has 116 valence electrons. The largest absolute Gasteiger partial charge is 0.480 e. The van der Waals surface area contributed by atoms with Crippen molar-refractivity contribution in [3.8, 4) is 0 Å². The van der Waals surface area contributed by atoms with Crippen LogP contribution in [-0.2, 0) is 22.7 Å². The van der Waals surface area contributed by atoms with Crippen molar-refractivity contribution in [2.45, 2.75) is 25.6 Å². The van der Waals surface area contributed by atoms with Gasteiger partial charge in [0.1, 0.15) is 12.6 Å². The summed E-state index contributed by atoms with van der Waals surface area (Å²) in [5, 5.41) is 11.5. The van der Waals surface area contributed by atoms with Gasteiger partial charge in [0.15, 0.2) is 0 Å². The average Bonchev–Trinajstić information content (AvgIpc) is 3.03. The molecule has 1 heterocycles. The van der Waals surface area contributed by atoms with Crippen LogP contribution >= 0.6 is 0 Å². The van der Waals surface area contributed by atoms with E-state index in [1.165, 1.54) is 0 Å². The van der Waals surface area contributed by atoms with Gasteiger partial charge in [-0.15, -0.1) is 0 Å². The zero-order chi connectivity index (χ0) is 15.8. The van der Waals surface area contributed by atoms with Crippen LogP contribution in [-0.4, -0.2) is 27.8 Å². The van der Waals surface area contributed by atoms with E-state index in [-0.39, 0.29) is 13.0 Å². The molecule has 0 bridgehead atoms. The predicted octanol–water partition coefficient (Wildman–Crippen LogP) is 2.26. The van der Waals surface area contributed by atoms with Crippen LogP contribution in [0.1, 0.15) is 12.0 Å². The first kappa shape index (κ1) is 15.6. The lowest BCUT2D eigenvalue weighted by atomic mass is 10.2. The van der Waals surface area contributed by atoms with Gasteiger partial charge in [-0.3, -0.25) is 0 Å². The van der Waals surface area contributed by atoms with Crippen molar-refractivity contribution in [2.75, 3.05) is 0 Å². The Morgan fingerprint density at radius 3 is 2.45 bits per heavy atom. The molecule has 1 unspecified atom stereocenters. The number of benzene rings is 1. The first-order valence-corrected chi connectivity index (χ1v) is 6.96. The Bertz CT molecular complexity index is 596. The minimum atomic E-state index is -1.08. The van der Waals surface area contributed by atoms with Crippen molar-refractivity contribution in [1.29, 1.82) is 0 Å². The topological polar surface area (TPSA) is 80.6 Å². The van der Waals surface area contributed by atoms with Crippen molar-refractivity contribution in [3.63, 3.8) is 0 Å². The van der Waals surface area contributed by atoms with Crippen molar-refractivity contribution >= 4 is 12.1 Å². The number of alkyl carbamates (subject to hydrolysis) is 1. The number of aromatic nitrogens is 1. The maximum absolute atomic E-state index is 11.7. The third kappa shape index (κ3) is 4.97. The lowest BCUT2D eigenvalue weighted by Crippen LogP contribution is -2.41.